The number of nitrogens with one attached hydrogen (secondary N) is 2. The van der Waals surface area contributed by atoms with Gasteiger partial charge in [0.05, 0.1) is 22.1 Å². The minimum absolute atomic E-state index is 0.00325. The lowest BCUT2D eigenvalue weighted by Crippen LogP contribution is -2.39. The molecule has 7 nitrogen and oxygen atoms in total. The third kappa shape index (κ3) is 3.84. The fraction of sp³-hybridized carbons (Fsp3) is 0.500. The summed E-state index contributed by atoms with van der Waals surface area (Å²) in [5.41, 5.74) is 9.00. The van der Waals surface area contributed by atoms with Crippen LogP contribution in [-0.2, 0) is 12.8 Å². The lowest BCUT2D eigenvalue weighted by atomic mass is 9.91. The molecule has 1 aliphatic carbocycles. The van der Waals surface area contributed by atoms with Gasteiger partial charge in [0, 0.05) is 36.8 Å². The van der Waals surface area contributed by atoms with Gasteiger partial charge in [0.15, 0.2) is 0 Å². The molecule has 5 rings (SSSR count). The molecule has 0 aromatic carbocycles. The number of anilines is 2. The molecule has 4 N–H and O–H groups in total. The molecule has 4 heterocycles. The number of likely N-dealkylation sites (N-methyl/N-ethyl adjacent to an activating group) is 1. The second kappa shape index (κ2) is 8.57. The first-order valence-corrected chi connectivity index (χ1v) is 12.5. The van der Waals surface area contributed by atoms with Crippen molar-refractivity contribution < 1.29 is 9.18 Å². The van der Waals surface area contributed by atoms with Crippen molar-refractivity contribution in [2.75, 3.05) is 37.4 Å². The van der Waals surface area contributed by atoms with Crippen molar-refractivity contribution in [1.82, 2.24) is 20.6 Å². The van der Waals surface area contributed by atoms with Crippen LogP contribution in [0.3, 0.4) is 0 Å². The fourth-order valence-corrected chi connectivity index (χ4v) is 6.85. The van der Waals surface area contributed by atoms with Crippen molar-refractivity contribution in [3.8, 4) is 0 Å². The van der Waals surface area contributed by atoms with Crippen LogP contribution >= 0.6 is 22.7 Å². The Hall–Kier alpha value is -2.30. The first-order chi connectivity index (χ1) is 15.5. The van der Waals surface area contributed by atoms with E-state index in [0.29, 0.717) is 17.1 Å². The van der Waals surface area contributed by atoms with E-state index in [0.717, 1.165) is 57.4 Å². The zero-order valence-electron chi connectivity index (χ0n) is 18.2. The average molecular weight is 475 g/mol. The van der Waals surface area contributed by atoms with Gasteiger partial charge in [0.1, 0.15) is 15.5 Å². The number of hydrogen-bond donors (Lipinski definition) is 3. The SMILES string of the molecule is CNC1CN(c2ccc3c(n2)CCC(NC(=O)c2sc4nc(C)sc4c2N)C3)CC1CF. The summed E-state index contributed by atoms with van der Waals surface area (Å²) < 4.78 is 14.2. The van der Waals surface area contributed by atoms with Gasteiger partial charge in [-0.1, -0.05) is 6.07 Å². The number of rotatable bonds is 5. The van der Waals surface area contributed by atoms with Gasteiger partial charge in [-0.05, 0) is 44.9 Å². The van der Waals surface area contributed by atoms with E-state index in [9.17, 15) is 9.18 Å². The summed E-state index contributed by atoms with van der Waals surface area (Å²) in [7, 11) is 1.89. The number of halogens is 1. The van der Waals surface area contributed by atoms with Gasteiger partial charge in [0.25, 0.3) is 5.91 Å². The second-order valence-electron chi connectivity index (χ2n) is 8.62. The third-order valence-corrected chi connectivity index (χ3v) is 8.75. The van der Waals surface area contributed by atoms with Gasteiger partial charge in [-0.25, -0.2) is 9.97 Å². The maximum absolute atomic E-state index is 13.3. The number of nitrogens with two attached hydrogens (primary N) is 1. The van der Waals surface area contributed by atoms with Gasteiger partial charge in [-0.2, -0.15) is 0 Å². The van der Waals surface area contributed by atoms with Crippen molar-refractivity contribution in [3.05, 3.63) is 33.3 Å². The van der Waals surface area contributed by atoms with Crippen molar-refractivity contribution in [2.45, 2.75) is 38.3 Å². The van der Waals surface area contributed by atoms with Crippen LogP contribution in [0.5, 0.6) is 0 Å². The molecule has 170 valence electrons. The Bertz CT molecular complexity index is 1150. The van der Waals surface area contributed by atoms with Gasteiger partial charge in [-0.15, -0.1) is 22.7 Å². The molecule has 0 bridgehead atoms. The zero-order chi connectivity index (χ0) is 22.4. The van der Waals surface area contributed by atoms with E-state index in [2.05, 4.69) is 26.6 Å². The van der Waals surface area contributed by atoms with Crippen LogP contribution in [-0.4, -0.2) is 54.8 Å². The Morgan fingerprint density at radius 2 is 2.16 bits per heavy atom. The quantitative estimate of drug-likeness (QED) is 0.526. The number of aromatic nitrogens is 2. The maximum atomic E-state index is 13.3. The number of nitrogen functional groups attached to an aromatic ring is 1. The Morgan fingerprint density at radius 1 is 1.31 bits per heavy atom. The molecular formula is C22H27FN6OS2. The summed E-state index contributed by atoms with van der Waals surface area (Å²) in [5, 5.41) is 7.33. The number of fused-ring (bicyclic) bond motifs is 2. The third-order valence-electron chi connectivity index (χ3n) is 6.52. The molecule has 1 saturated heterocycles. The summed E-state index contributed by atoms with van der Waals surface area (Å²) in [6, 6.07) is 4.33. The minimum Gasteiger partial charge on any atom is -0.396 e. The molecule has 1 amide bonds. The second-order valence-corrected chi connectivity index (χ2v) is 10.8. The van der Waals surface area contributed by atoms with Crippen LogP contribution in [0.15, 0.2) is 12.1 Å². The number of carbonyl (C=O) groups is 1. The standard InChI is InChI=1S/C22H27FN6OS2/c1-11-26-22-20(31-11)18(24)19(32-22)21(30)27-14-4-5-15-12(7-14)3-6-17(28-15)29-9-13(8-23)16(10-29)25-2/h3,6,13-14,16,25H,4-5,7-10,24H2,1-2H3,(H,27,30). The highest BCUT2D eigenvalue weighted by molar-refractivity contribution is 7.29. The summed E-state index contributed by atoms with van der Waals surface area (Å²) in [6.07, 6.45) is 2.38. The first kappa shape index (κ1) is 21.5. The summed E-state index contributed by atoms with van der Waals surface area (Å²) in [5.74, 6) is 0.786. The number of pyridine rings is 1. The van der Waals surface area contributed by atoms with E-state index < -0.39 is 0 Å². The van der Waals surface area contributed by atoms with Crippen LogP contribution in [0.2, 0.25) is 0 Å². The molecule has 1 fully saturated rings. The summed E-state index contributed by atoms with van der Waals surface area (Å²) in [4.78, 5) is 25.8. The molecule has 10 heteroatoms. The van der Waals surface area contributed by atoms with Gasteiger partial charge in [0.2, 0.25) is 0 Å². The van der Waals surface area contributed by atoms with E-state index in [1.54, 1.807) is 0 Å². The highest BCUT2D eigenvalue weighted by Crippen LogP contribution is 2.37. The topological polar surface area (TPSA) is 96.2 Å². The van der Waals surface area contributed by atoms with Crippen molar-refractivity contribution in [2.24, 2.45) is 5.92 Å². The molecule has 32 heavy (non-hydrogen) atoms. The van der Waals surface area contributed by atoms with Crippen molar-refractivity contribution >= 4 is 49.6 Å². The van der Waals surface area contributed by atoms with Crippen LogP contribution in [0.1, 0.15) is 32.4 Å². The number of alkyl halides is 1. The number of thiazole rings is 1. The molecule has 3 unspecified atom stereocenters. The van der Waals surface area contributed by atoms with Crippen LogP contribution in [0, 0.1) is 12.8 Å². The van der Waals surface area contributed by atoms with E-state index in [1.165, 1.54) is 22.7 Å². The fourth-order valence-electron chi connectivity index (χ4n) is 4.76. The van der Waals surface area contributed by atoms with Gasteiger partial charge < -0.3 is 21.3 Å². The monoisotopic (exact) mass is 474 g/mol. The lowest BCUT2D eigenvalue weighted by molar-refractivity contribution is 0.0938. The highest BCUT2D eigenvalue weighted by atomic mass is 32.1. The molecule has 3 atom stereocenters. The number of nitrogens with zero attached hydrogens (tertiary/aromatic N) is 3. The van der Waals surface area contributed by atoms with Gasteiger partial charge in [-0.3, -0.25) is 9.18 Å². The normalized spacial score (nSPS) is 23.0. The number of aryl methyl sites for hydroxylation is 2. The smallest absolute Gasteiger partial charge is 0.263 e. The maximum Gasteiger partial charge on any atom is 0.263 e. The molecule has 2 aliphatic rings. The molecule has 0 saturated carbocycles. The highest BCUT2D eigenvalue weighted by Gasteiger charge is 2.33. The summed E-state index contributed by atoms with van der Waals surface area (Å²) in [6.45, 7) is 3.07. The van der Waals surface area contributed by atoms with Crippen molar-refractivity contribution in [1.29, 1.82) is 0 Å². The number of amides is 1. The Kier molecular flexibility index (Phi) is 5.77. The van der Waals surface area contributed by atoms with Crippen LogP contribution in [0.25, 0.3) is 9.53 Å². The molecular weight excluding hydrogens is 447 g/mol. The molecule has 0 radical (unpaired) electrons. The predicted octanol–water partition coefficient (Wildman–Crippen LogP) is 2.92. The zero-order valence-corrected chi connectivity index (χ0v) is 19.8. The largest absolute Gasteiger partial charge is 0.396 e. The van der Waals surface area contributed by atoms with E-state index in [-0.39, 0.29) is 30.6 Å². The number of thiophene rings is 1. The number of carbonyl (C=O) groups excluding carboxylic acids is 1. The minimum atomic E-state index is -0.323. The Labute approximate surface area is 194 Å². The number of hydrogen-bond acceptors (Lipinski definition) is 8. The summed E-state index contributed by atoms with van der Waals surface area (Å²) >= 11 is 2.89. The Balaban J connectivity index is 1.26. The average Bonchev–Trinajstić information content (AvgIpc) is 3.46. The van der Waals surface area contributed by atoms with E-state index in [4.69, 9.17) is 10.7 Å². The van der Waals surface area contributed by atoms with Crippen LogP contribution < -0.4 is 21.3 Å². The van der Waals surface area contributed by atoms with E-state index in [1.807, 2.05) is 20.0 Å². The van der Waals surface area contributed by atoms with E-state index >= 15 is 0 Å². The Morgan fingerprint density at radius 3 is 2.88 bits per heavy atom. The molecule has 0 spiro atoms. The predicted molar refractivity (Wildman–Crippen MR) is 129 cm³/mol. The first-order valence-electron chi connectivity index (χ1n) is 10.9. The molecule has 3 aromatic heterocycles. The molecule has 1 aliphatic heterocycles. The van der Waals surface area contributed by atoms with Crippen molar-refractivity contribution in [3.63, 3.8) is 0 Å². The molecule has 3 aromatic rings. The van der Waals surface area contributed by atoms with Gasteiger partial charge >= 0.3 is 0 Å². The van der Waals surface area contributed by atoms with Crippen LogP contribution in [0.4, 0.5) is 15.9 Å². The lowest BCUT2D eigenvalue weighted by Gasteiger charge is -2.26.